The van der Waals surface area contributed by atoms with Gasteiger partial charge in [-0.2, -0.15) is 5.10 Å². The molecule has 2 aromatic carbocycles. The molecule has 162 valence electrons. The summed E-state index contributed by atoms with van der Waals surface area (Å²) >= 11 is 6.14. The summed E-state index contributed by atoms with van der Waals surface area (Å²) in [5.74, 6) is 0.166. The summed E-state index contributed by atoms with van der Waals surface area (Å²) in [6.45, 7) is 0. The van der Waals surface area contributed by atoms with Crippen molar-refractivity contribution in [2.45, 2.75) is 0 Å². The largest absolute Gasteiger partial charge is 0.463 e. The van der Waals surface area contributed by atoms with Gasteiger partial charge in [0.2, 0.25) is 0 Å². The first-order valence-corrected chi connectivity index (χ1v) is 9.97. The van der Waals surface area contributed by atoms with Crippen LogP contribution in [0.5, 0.6) is 0 Å². The zero-order valence-corrected chi connectivity index (χ0v) is 18.0. The van der Waals surface area contributed by atoms with E-state index in [1.807, 2.05) is 6.07 Å². The summed E-state index contributed by atoms with van der Waals surface area (Å²) in [4.78, 5) is 25.9. The van der Waals surface area contributed by atoms with Crippen LogP contribution in [0.2, 0.25) is 5.02 Å². The fraction of sp³-hybridized carbons (Fsp3) is 0.0870. The van der Waals surface area contributed by atoms with E-state index < -0.39 is 12.0 Å². The zero-order chi connectivity index (χ0) is 22.7. The molecule has 1 N–H and O–H groups in total. The maximum atomic E-state index is 12.9. The molecular weight excluding hydrogens is 432 g/mol. The molecule has 2 aromatic heterocycles. The number of rotatable bonds is 5. The fourth-order valence-corrected chi connectivity index (χ4v) is 3.29. The quantitative estimate of drug-likeness (QED) is 0.449. The number of anilines is 2. The molecule has 8 nitrogen and oxygen atoms in total. The summed E-state index contributed by atoms with van der Waals surface area (Å²) in [7, 11) is 2.91. The number of carbonyl (C=O) groups is 2. The minimum Gasteiger partial charge on any atom is -0.463 e. The molecule has 0 spiro atoms. The third-order valence-electron chi connectivity index (χ3n) is 4.73. The molecule has 0 radical (unpaired) electrons. The molecule has 0 atom stereocenters. The lowest BCUT2D eigenvalue weighted by molar-refractivity contribution is 0.102. The van der Waals surface area contributed by atoms with Crippen molar-refractivity contribution >= 4 is 35.0 Å². The van der Waals surface area contributed by atoms with Gasteiger partial charge in [-0.15, -0.1) is 0 Å². The van der Waals surface area contributed by atoms with Gasteiger partial charge in [-0.3, -0.25) is 9.69 Å². The topological polar surface area (TPSA) is 89.6 Å². The smallest absolute Gasteiger partial charge is 0.413 e. The van der Waals surface area contributed by atoms with E-state index in [-0.39, 0.29) is 5.69 Å². The van der Waals surface area contributed by atoms with Gasteiger partial charge < -0.3 is 14.5 Å². The highest BCUT2D eigenvalue weighted by Gasteiger charge is 2.19. The van der Waals surface area contributed by atoms with Gasteiger partial charge in [0, 0.05) is 29.5 Å². The van der Waals surface area contributed by atoms with Gasteiger partial charge in [0.25, 0.3) is 5.91 Å². The third kappa shape index (κ3) is 4.35. The summed E-state index contributed by atoms with van der Waals surface area (Å²) < 4.78 is 11.8. The van der Waals surface area contributed by atoms with E-state index in [9.17, 15) is 9.59 Å². The summed E-state index contributed by atoms with van der Waals surface area (Å²) in [6.07, 6.45) is 1.07. The first-order valence-electron chi connectivity index (χ1n) is 9.59. The fourth-order valence-electron chi connectivity index (χ4n) is 3.10. The Morgan fingerprint density at radius 1 is 1.09 bits per heavy atom. The van der Waals surface area contributed by atoms with E-state index in [0.717, 1.165) is 0 Å². The third-order valence-corrected chi connectivity index (χ3v) is 4.96. The number of carbonyl (C=O) groups excluding carboxylic acids is 2. The number of benzene rings is 2. The van der Waals surface area contributed by atoms with Crippen molar-refractivity contribution in [2.75, 3.05) is 24.4 Å². The zero-order valence-electron chi connectivity index (χ0n) is 17.3. The van der Waals surface area contributed by atoms with Crippen molar-refractivity contribution in [3.8, 4) is 17.1 Å². The molecular formula is C23H19ClN4O4. The number of aromatic nitrogens is 2. The van der Waals surface area contributed by atoms with Crippen LogP contribution in [-0.2, 0) is 4.74 Å². The lowest BCUT2D eigenvalue weighted by Crippen LogP contribution is -2.25. The van der Waals surface area contributed by atoms with E-state index in [4.69, 9.17) is 20.8 Å². The van der Waals surface area contributed by atoms with Gasteiger partial charge in [-0.25, -0.2) is 9.48 Å². The molecule has 0 saturated heterocycles. The number of amides is 2. The molecule has 2 amide bonds. The number of ether oxygens (including phenoxy) is 1. The van der Waals surface area contributed by atoms with Gasteiger partial charge in [-0.05, 0) is 54.6 Å². The molecule has 4 rings (SSSR count). The van der Waals surface area contributed by atoms with Crippen LogP contribution in [-0.4, -0.2) is 35.9 Å². The van der Waals surface area contributed by atoms with E-state index in [2.05, 4.69) is 10.4 Å². The number of furan rings is 1. The van der Waals surface area contributed by atoms with E-state index >= 15 is 0 Å². The van der Waals surface area contributed by atoms with Crippen LogP contribution in [0.1, 0.15) is 10.5 Å². The van der Waals surface area contributed by atoms with E-state index in [1.54, 1.807) is 78.7 Å². The van der Waals surface area contributed by atoms with E-state index in [0.29, 0.717) is 33.5 Å². The maximum absolute atomic E-state index is 12.9. The molecule has 0 bridgehead atoms. The Morgan fingerprint density at radius 3 is 2.53 bits per heavy atom. The molecule has 32 heavy (non-hydrogen) atoms. The minimum atomic E-state index is -0.487. The van der Waals surface area contributed by atoms with Crippen LogP contribution in [0.3, 0.4) is 0 Å². The van der Waals surface area contributed by atoms with Crippen molar-refractivity contribution < 1.29 is 18.7 Å². The normalized spacial score (nSPS) is 10.6. The van der Waals surface area contributed by atoms with Crippen molar-refractivity contribution in [2.24, 2.45) is 0 Å². The number of nitrogens with zero attached hydrogens (tertiary/aromatic N) is 3. The minimum absolute atomic E-state index is 0.201. The molecule has 0 aliphatic heterocycles. The van der Waals surface area contributed by atoms with Gasteiger partial charge in [0.1, 0.15) is 5.69 Å². The van der Waals surface area contributed by atoms with Gasteiger partial charge in [0.05, 0.1) is 19.1 Å². The lowest BCUT2D eigenvalue weighted by Gasteiger charge is -2.15. The number of methoxy groups -OCH3 is 1. The predicted octanol–water partition coefficient (Wildman–Crippen LogP) is 5.24. The number of nitrogens with one attached hydrogen (secondary N) is 1. The molecule has 0 fully saturated rings. The highest BCUT2D eigenvalue weighted by Crippen LogP contribution is 2.26. The van der Waals surface area contributed by atoms with Gasteiger partial charge in [-0.1, -0.05) is 17.7 Å². The van der Waals surface area contributed by atoms with Crippen LogP contribution in [0, 0.1) is 0 Å². The van der Waals surface area contributed by atoms with Crippen molar-refractivity contribution in [1.29, 1.82) is 0 Å². The average Bonchev–Trinajstić information content (AvgIpc) is 3.48. The van der Waals surface area contributed by atoms with Gasteiger partial charge >= 0.3 is 6.09 Å². The molecule has 0 saturated carbocycles. The predicted molar refractivity (Wildman–Crippen MR) is 121 cm³/mol. The summed E-state index contributed by atoms with van der Waals surface area (Å²) in [5.41, 5.74) is 2.68. The van der Waals surface area contributed by atoms with Crippen LogP contribution in [0.25, 0.3) is 17.1 Å². The maximum Gasteiger partial charge on any atom is 0.413 e. The molecule has 0 aliphatic carbocycles. The molecule has 9 heteroatoms. The highest BCUT2D eigenvalue weighted by molar-refractivity contribution is 6.30. The van der Waals surface area contributed by atoms with Crippen LogP contribution >= 0.6 is 11.6 Å². The second kappa shape index (κ2) is 8.99. The highest BCUT2D eigenvalue weighted by atomic mass is 35.5. The Hall–Kier alpha value is -4.04. The average molecular weight is 451 g/mol. The number of hydrogen-bond acceptors (Lipinski definition) is 5. The molecule has 0 aliphatic rings. The second-order valence-electron chi connectivity index (χ2n) is 6.81. The lowest BCUT2D eigenvalue weighted by atomic mass is 10.2. The SMILES string of the molecule is COC(=O)N(C)c1ccc(NC(=O)c2cc(-c3ccco3)n(-c3cccc(Cl)c3)n2)cc1. The Morgan fingerprint density at radius 2 is 1.88 bits per heavy atom. The summed E-state index contributed by atoms with van der Waals surface area (Å²) in [5, 5.41) is 7.83. The molecule has 4 aromatic rings. The van der Waals surface area contributed by atoms with E-state index in [1.165, 1.54) is 12.0 Å². The van der Waals surface area contributed by atoms with Crippen molar-refractivity contribution in [3.05, 3.63) is 83.7 Å². The standard InChI is InChI=1S/C23H19ClN4O4/c1-27(23(30)31-2)17-10-8-16(9-11-17)25-22(29)19-14-20(21-7-4-12-32-21)28(26-19)18-6-3-5-15(24)13-18/h3-14H,1-2H3,(H,25,29). The van der Waals surface area contributed by atoms with Gasteiger partial charge in [0.15, 0.2) is 11.5 Å². The Kier molecular flexibility index (Phi) is 5.96. The van der Waals surface area contributed by atoms with Crippen molar-refractivity contribution in [3.63, 3.8) is 0 Å². The molecule has 0 unspecified atom stereocenters. The van der Waals surface area contributed by atoms with Crippen LogP contribution in [0.4, 0.5) is 16.2 Å². The first kappa shape index (κ1) is 21.2. The number of hydrogen-bond donors (Lipinski definition) is 1. The van der Waals surface area contributed by atoms with Crippen LogP contribution in [0.15, 0.2) is 77.4 Å². The molecule has 2 heterocycles. The van der Waals surface area contributed by atoms with Crippen LogP contribution < -0.4 is 10.2 Å². The number of halogens is 1. The Labute approximate surface area is 189 Å². The second-order valence-corrected chi connectivity index (χ2v) is 7.25. The monoisotopic (exact) mass is 450 g/mol. The summed E-state index contributed by atoms with van der Waals surface area (Å²) in [6, 6.07) is 19.1. The Bertz CT molecular complexity index is 1250. The van der Waals surface area contributed by atoms with Crippen molar-refractivity contribution in [1.82, 2.24) is 9.78 Å². The Balaban J connectivity index is 1.60. The first-order chi connectivity index (χ1) is 15.5.